The van der Waals surface area contributed by atoms with Gasteiger partial charge in [0.1, 0.15) is 6.04 Å². The molecule has 1 heterocycles. The molecular formula is C19H28N2O3. The number of anilines is 1. The molecule has 0 bridgehead atoms. The van der Waals surface area contributed by atoms with Crippen LogP contribution in [0.3, 0.4) is 0 Å². The minimum atomic E-state index is -0.152. The lowest BCUT2D eigenvalue weighted by Crippen LogP contribution is -2.36. The molecule has 0 amide bonds. The largest absolute Gasteiger partial charge is 0.464 e. The van der Waals surface area contributed by atoms with Crippen molar-refractivity contribution in [2.24, 2.45) is 5.92 Å². The Balaban J connectivity index is 1.41. The van der Waals surface area contributed by atoms with Gasteiger partial charge < -0.3 is 19.7 Å². The number of morpholine rings is 1. The molecule has 5 nitrogen and oxygen atoms in total. The van der Waals surface area contributed by atoms with Crippen LogP contribution >= 0.6 is 0 Å². The smallest absolute Gasteiger partial charge is 0.323 e. The van der Waals surface area contributed by atoms with E-state index in [2.05, 4.69) is 34.5 Å². The van der Waals surface area contributed by atoms with E-state index in [9.17, 15) is 4.79 Å². The molecule has 2 fully saturated rings. The highest BCUT2D eigenvalue weighted by atomic mass is 16.5. The molecule has 3 rings (SSSR count). The van der Waals surface area contributed by atoms with Crippen LogP contribution in [0, 0.1) is 5.92 Å². The SMILES string of the molecule is CN[C@@H](CC1CC1)C(=O)OCCc1ccc(N2CCOCC2)cc1. The quantitative estimate of drug-likeness (QED) is 0.738. The van der Waals surface area contributed by atoms with Crippen LogP contribution in [0.2, 0.25) is 0 Å². The molecule has 1 aliphatic heterocycles. The van der Waals surface area contributed by atoms with Gasteiger partial charge in [0.25, 0.3) is 0 Å². The van der Waals surface area contributed by atoms with Crippen molar-refractivity contribution in [3.05, 3.63) is 29.8 Å². The highest BCUT2D eigenvalue weighted by Crippen LogP contribution is 2.33. The first kappa shape index (κ1) is 17.2. The zero-order valence-electron chi connectivity index (χ0n) is 14.5. The third kappa shape index (κ3) is 4.95. The van der Waals surface area contributed by atoms with Crippen LogP contribution in [0.1, 0.15) is 24.8 Å². The van der Waals surface area contributed by atoms with Gasteiger partial charge in [0.05, 0.1) is 19.8 Å². The maximum absolute atomic E-state index is 12.1. The molecule has 132 valence electrons. The Kier molecular flexibility index (Phi) is 6.10. The van der Waals surface area contributed by atoms with Gasteiger partial charge in [-0.1, -0.05) is 25.0 Å². The van der Waals surface area contributed by atoms with E-state index in [1.54, 1.807) is 0 Å². The van der Waals surface area contributed by atoms with Crippen molar-refractivity contribution in [2.45, 2.75) is 31.7 Å². The van der Waals surface area contributed by atoms with E-state index in [-0.39, 0.29) is 12.0 Å². The number of benzene rings is 1. The second-order valence-electron chi connectivity index (χ2n) is 6.70. The Bertz CT molecular complexity index is 522. The maximum atomic E-state index is 12.1. The van der Waals surface area contributed by atoms with Gasteiger partial charge in [-0.2, -0.15) is 0 Å². The normalized spacial score (nSPS) is 19.1. The third-order valence-electron chi connectivity index (χ3n) is 4.85. The van der Waals surface area contributed by atoms with Crippen molar-refractivity contribution in [3.8, 4) is 0 Å². The van der Waals surface area contributed by atoms with Crippen molar-refractivity contribution in [1.82, 2.24) is 5.32 Å². The lowest BCUT2D eigenvalue weighted by molar-refractivity contribution is -0.146. The minimum Gasteiger partial charge on any atom is -0.464 e. The number of ether oxygens (including phenoxy) is 2. The van der Waals surface area contributed by atoms with Gasteiger partial charge in [0.2, 0.25) is 0 Å². The first-order chi connectivity index (χ1) is 11.8. The molecule has 2 aliphatic rings. The molecule has 0 unspecified atom stereocenters. The number of likely N-dealkylation sites (N-methyl/N-ethyl adjacent to an activating group) is 1. The van der Waals surface area contributed by atoms with Gasteiger partial charge in [-0.3, -0.25) is 4.79 Å². The zero-order chi connectivity index (χ0) is 16.8. The van der Waals surface area contributed by atoms with Crippen LogP contribution in [-0.2, 0) is 20.7 Å². The standard InChI is InChI=1S/C19H28N2O3/c1-20-18(14-16-2-3-16)19(22)24-11-8-15-4-6-17(7-5-15)21-9-12-23-13-10-21/h4-7,16,18,20H,2-3,8-14H2,1H3/t18-/m0/s1. The number of nitrogens with one attached hydrogen (secondary N) is 1. The first-order valence-electron chi connectivity index (χ1n) is 9.02. The number of nitrogens with zero attached hydrogens (tertiary/aromatic N) is 1. The van der Waals surface area contributed by atoms with E-state index in [1.807, 2.05) is 7.05 Å². The van der Waals surface area contributed by atoms with Crippen LogP contribution in [0.5, 0.6) is 0 Å². The molecule has 1 saturated heterocycles. The van der Waals surface area contributed by atoms with Crippen molar-refractivity contribution < 1.29 is 14.3 Å². The monoisotopic (exact) mass is 332 g/mol. The fourth-order valence-corrected chi connectivity index (χ4v) is 3.08. The zero-order valence-corrected chi connectivity index (χ0v) is 14.5. The number of esters is 1. The summed E-state index contributed by atoms with van der Waals surface area (Å²) in [5, 5.41) is 3.08. The number of hydrogen-bond acceptors (Lipinski definition) is 5. The third-order valence-corrected chi connectivity index (χ3v) is 4.85. The van der Waals surface area contributed by atoms with Gasteiger partial charge in [0, 0.05) is 25.2 Å². The highest BCUT2D eigenvalue weighted by Gasteiger charge is 2.29. The molecule has 1 aromatic rings. The van der Waals surface area contributed by atoms with Crippen LogP contribution in [0.25, 0.3) is 0 Å². The molecule has 0 spiro atoms. The second kappa shape index (κ2) is 8.49. The van der Waals surface area contributed by atoms with Crippen LogP contribution in [-0.4, -0.2) is 52.0 Å². The molecular weight excluding hydrogens is 304 g/mol. The Morgan fingerprint density at radius 2 is 2.00 bits per heavy atom. The Morgan fingerprint density at radius 3 is 2.62 bits per heavy atom. The second-order valence-corrected chi connectivity index (χ2v) is 6.70. The highest BCUT2D eigenvalue weighted by molar-refractivity contribution is 5.75. The van der Waals surface area contributed by atoms with Gasteiger partial charge in [0.15, 0.2) is 0 Å². The molecule has 1 saturated carbocycles. The lowest BCUT2D eigenvalue weighted by atomic mass is 10.1. The molecule has 1 aliphatic carbocycles. The predicted molar refractivity (Wildman–Crippen MR) is 94.3 cm³/mol. The lowest BCUT2D eigenvalue weighted by Gasteiger charge is -2.28. The summed E-state index contributed by atoms with van der Waals surface area (Å²) < 4.78 is 10.8. The summed E-state index contributed by atoms with van der Waals surface area (Å²) in [5.74, 6) is 0.595. The summed E-state index contributed by atoms with van der Waals surface area (Å²) >= 11 is 0. The van der Waals surface area contributed by atoms with E-state index >= 15 is 0 Å². The molecule has 0 radical (unpaired) electrons. The van der Waals surface area contributed by atoms with Gasteiger partial charge in [-0.15, -0.1) is 0 Å². The number of carbonyl (C=O) groups is 1. The Labute approximate surface area is 144 Å². The van der Waals surface area contributed by atoms with E-state index in [0.29, 0.717) is 12.5 Å². The molecule has 1 N–H and O–H groups in total. The van der Waals surface area contributed by atoms with Crippen LogP contribution in [0.15, 0.2) is 24.3 Å². The van der Waals surface area contributed by atoms with Gasteiger partial charge in [-0.25, -0.2) is 0 Å². The summed E-state index contributed by atoms with van der Waals surface area (Å²) in [5.41, 5.74) is 2.43. The fourth-order valence-electron chi connectivity index (χ4n) is 3.08. The molecule has 24 heavy (non-hydrogen) atoms. The van der Waals surface area contributed by atoms with Crippen molar-refractivity contribution in [2.75, 3.05) is 44.9 Å². The fraction of sp³-hybridized carbons (Fsp3) is 0.632. The van der Waals surface area contributed by atoms with E-state index < -0.39 is 0 Å². The van der Waals surface area contributed by atoms with E-state index in [4.69, 9.17) is 9.47 Å². The number of hydrogen-bond donors (Lipinski definition) is 1. The molecule has 0 aromatic heterocycles. The van der Waals surface area contributed by atoms with Crippen LogP contribution < -0.4 is 10.2 Å². The minimum absolute atomic E-state index is 0.116. The summed E-state index contributed by atoms with van der Waals surface area (Å²) in [6.45, 7) is 3.93. The Hall–Kier alpha value is -1.59. The summed E-state index contributed by atoms with van der Waals surface area (Å²) in [4.78, 5) is 14.4. The topological polar surface area (TPSA) is 50.8 Å². The number of rotatable bonds is 8. The summed E-state index contributed by atoms with van der Waals surface area (Å²) in [7, 11) is 1.83. The molecule has 5 heteroatoms. The Morgan fingerprint density at radius 1 is 1.29 bits per heavy atom. The summed E-state index contributed by atoms with van der Waals surface area (Å²) in [6, 6.07) is 8.38. The molecule has 1 aromatic carbocycles. The number of carbonyl (C=O) groups excluding carboxylic acids is 1. The summed E-state index contributed by atoms with van der Waals surface area (Å²) in [6.07, 6.45) is 4.17. The van der Waals surface area contributed by atoms with Gasteiger partial charge >= 0.3 is 5.97 Å². The van der Waals surface area contributed by atoms with E-state index in [1.165, 1.54) is 24.1 Å². The predicted octanol–water partition coefficient (Wildman–Crippen LogP) is 2.00. The van der Waals surface area contributed by atoms with E-state index in [0.717, 1.165) is 39.1 Å². The van der Waals surface area contributed by atoms with Gasteiger partial charge in [-0.05, 0) is 37.1 Å². The average Bonchev–Trinajstić information content (AvgIpc) is 3.45. The van der Waals surface area contributed by atoms with Crippen LogP contribution in [0.4, 0.5) is 5.69 Å². The van der Waals surface area contributed by atoms with Crippen molar-refractivity contribution in [3.63, 3.8) is 0 Å². The first-order valence-corrected chi connectivity index (χ1v) is 9.02. The average molecular weight is 332 g/mol. The van der Waals surface area contributed by atoms with Crippen molar-refractivity contribution in [1.29, 1.82) is 0 Å². The van der Waals surface area contributed by atoms with Crippen molar-refractivity contribution >= 4 is 11.7 Å². The maximum Gasteiger partial charge on any atom is 0.323 e. The molecule has 1 atom stereocenters.